The highest BCUT2D eigenvalue weighted by Crippen LogP contribution is 1.93. The van der Waals surface area contributed by atoms with Gasteiger partial charge in [-0.1, -0.05) is 0 Å². The maximum atomic E-state index is 9.86. The summed E-state index contributed by atoms with van der Waals surface area (Å²) in [5.41, 5.74) is 0. The quantitative estimate of drug-likeness (QED) is 0.667. The first-order valence-electron chi connectivity index (χ1n) is 1.05. The van der Waals surface area contributed by atoms with E-state index in [1.54, 1.807) is 0 Å². The van der Waals surface area contributed by atoms with Crippen LogP contribution in [0.3, 0.4) is 0 Å². The van der Waals surface area contributed by atoms with E-state index in [9.17, 15) is 8.42 Å². The lowest BCUT2D eigenvalue weighted by molar-refractivity contribution is 0.524. The Hall–Kier alpha value is 0.640. The lowest BCUT2D eigenvalue weighted by Crippen LogP contribution is -2.11. The zero-order valence-electron chi connectivity index (χ0n) is 2.89. The van der Waals surface area contributed by atoms with Crippen LogP contribution in [0, 0.1) is 0 Å². The highest BCUT2D eigenvalue weighted by molar-refractivity contribution is 9.06. The summed E-state index contributed by atoms with van der Waals surface area (Å²) in [4.78, 5) is 0. The molecule has 0 saturated heterocycles. The lowest BCUT2D eigenvalue weighted by Gasteiger charge is -1.87. The van der Waals surface area contributed by atoms with Crippen LogP contribution in [0.1, 0.15) is 0 Å². The molecule has 0 fully saturated rings. The van der Waals surface area contributed by atoms with Crippen LogP contribution < -0.4 is 4.24 Å². The van der Waals surface area contributed by atoms with Crippen molar-refractivity contribution in [2.45, 2.75) is 0 Å². The summed E-state index contributed by atoms with van der Waals surface area (Å²) in [5, 5.41) is 0. The Balaban J connectivity index is 3.89. The maximum Gasteiger partial charge on any atom is 0.360 e. The molecule has 0 aromatic rings. The molecule has 0 unspecified atom stereocenters. The molecule has 0 atom stereocenters. The average Bonchev–Trinajstić information content (AvgIpc) is 1.68. The molecule has 0 rings (SSSR count). The molecule has 0 spiro atoms. The zero-order valence-corrected chi connectivity index (χ0v) is 6.05. The number of halogens is 2. The Bertz CT molecular complexity index is 118. The maximum absolute atomic E-state index is 9.86. The van der Waals surface area contributed by atoms with Crippen molar-refractivity contribution in [1.82, 2.24) is 4.24 Å². The summed E-state index contributed by atoms with van der Waals surface area (Å²) in [6, 6.07) is 0. The van der Waals surface area contributed by atoms with Crippen LogP contribution in [0.2, 0.25) is 0 Å². The van der Waals surface area contributed by atoms with Crippen molar-refractivity contribution < 1.29 is 11.7 Å². The molecule has 0 saturated carbocycles. The van der Waals surface area contributed by atoms with Crippen molar-refractivity contribution in [1.29, 1.82) is 0 Å². The van der Waals surface area contributed by atoms with E-state index >= 15 is 0 Å². The number of hydrogen-bond acceptors (Lipinski definition) is 3. The van der Waals surface area contributed by atoms with Crippen LogP contribution >= 0.6 is 28.0 Å². The van der Waals surface area contributed by atoms with Gasteiger partial charge in [-0.05, 0) is 11.8 Å². The van der Waals surface area contributed by atoms with Crippen LogP contribution in [-0.2, 0) is 13.6 Å². The molecule has 7 heavy (non-hydrogen) atoms. The first-order chi connectivity index (χ1) is 3.12. The van der Waals surface area contributed by atoms with Gasteiger partial charge in [-0.25, -0.2) is 0 Å². The Morgan fingerprint density at radius 3 is 2.14 bits per heavy atom. The van der Waals surface area contributed by atoms with Crippen molar-refractivity contribution in [2.75, 3.05) is 0 Å². The Morgan fingerprint density at radius 2 is 2.14 bits per heavy atom. The van der Waals surface area contributed by atoms with Crippen molar-refractivity contribution in [3.63, 3.8) is 0 Å². The number of hydrogen-bond donors (Lipinski definition) is 1. The Morgan fingerprint density at radius 1 is 1.71 bits per heavy atom. The van der Waals surface area contributed by atoms with Crippen LogP contribution in [0.4, 0.5) is 0 Å². The molecule has 4 nitrogen and oxygen atoms in total. The minimum Gasteiger partial charge on any atom is -0.179 e. The van der Waals surface area contributed by atoms with Gasteiger partial charge in [0.25, 0.3) is 0 Å². The molecule has 0 aliphatic carbocycles. The number of rotatable bonds is 2. The summed E-state index contributed by atoms with van der Waals surface area (Å²) in [6.07, 6.45) is 0. The van der Waals surface area contributed by atoms with Crippen LogP contribution in [0.5, 0.6) is 0 Å². The summed E-state index contributed by atoms with van der Waals surface area (Å²) in [7, 11) is -3.73. The monoisotopic (exact) mass is 209 g/mol. The van der Waals surface area contributed by atoms with Crippen LogP contribution in [0.25, 0.3) is 0 Å². The molecule has 0 radical (unpaired) electrons. The molecule has 0 heterocycles. The SMILES string of the molecule is O=S(=O)(NCl)OBr. The molecule has 1 N–H and O–H groups in total. The Labute approximate surface area is 54.6 Å². The molecule has 0 bridgehead atoms. The fourth-order valence-corrected chi connectivity index (χ4v) is 0.557. The summed E-state index contributed by atoms with van der Waals surface area (Å²) in [5.74, 6) is 0. The molecular weight excluding hydrogens is 209 g/mol. The third kappa shape index (κ3) is 3.24. The highest BCUT2D eigenvalue weighted by Gasteiger charge is 2.03. The molecule has 0 amide bonds. The predicted molar refractivity (Wildman–Crippen MR) is 27.9 cm³/mol. The van der Waals surface area contributed by atoms with Gasteiger partial charge < -0.3 is 0 Å². The van der Waals surface area contributed by atoms with Gasteiger partial charge in [0, 0.05) is 0 Å². The van der Waals surface area contributed by atoms with Gasteiger partial charge in [0.05, 0.1) is 0 Å². The van der Waals surface area contributed by atoms with Crippen molar-refractivity contribution in [3.05, 3.63) is 0 Å². The molecule has 0 aromatic carbocycles. The standard InChI is InChI=1S/BrClHNO3S/c1-6-7(4,5)3-2/h3H. The molecular formula is HBrClNO3S. The fraction of sp³-hybridized carbons (Fsp3) is 0. The fourth-order valence-electron chi connectivity index (χ4n) is 0.0119. The van der Waals surface area contributed by atoms with Gasteiger partial charge in [-0.15, -0.1) is 4.24 Å². The van der Waals surface area contributed by atoms with Crippen LogP contribution in [-0.4, -0.2) is 8.42 Å². The van der Waals surface area contributed by atoms with E-state index in [1.165, 1.54) is 4.24 Å². The van der Waals surface area contributed by atoms with Crippen molar-refractivity contribution in [2.24, 2.45) is 0 Å². The van der Waals surface area contributed by atoms with Gasteiger partial charge >= 0.3 is 10.3 Å². The smallest absolute Gasteiger partial charge is 0.179 e. The molecule has 0 aliphatic heterocycles. The summed E-state index contributed by atoms with van der Waals surface area (Å²) < 4.78 is 24.7. The van der Waals surface area contributed by atoms with Gasteiger partial charge in [-0.2, -0.15) is 11.7 Å². The summed E-state index contributed by atoms with van der Waals surface area (Å²) in [6.45, 7) is 0. The van der Waals surface area contributed by atoms with Gasteiger partial charge in [-0.3, -0.25) is 0 Å². The first-order valence-corrected chi connectivity index (χ1v) is 3.48. The molecule has 7 heteroatoms. The topological polar surface area (TPSA) is 55.4 Å². The second-order valence-electron chi connectivity index (χ2n) is 0.594. The second-order valence-corrected chi connectivity index (χ2v) is 3.04. The van der Waals surface area contributed by atoms with E-state index < -0.39 is 10.3 Å². The van der Waals surface area contributed by atoms with E-state index in [2.05, 4.69) is 31.3 Å². The zero-order chi connectivity index (χ0) is 5.91. The van der Waals surface area contributed by atoms with Gasteiger partial charge in [0.15, 0.2) is 0 Å². The van der Waals surface area contributed by atoms with E-state index in [-0.39, 0.29) is 0 Å². The molecule has 0 aliphatic rings. The van der Waals surface area contributed by atoms with Gasteiger partial charge in [0.1, 0.15) is 16.3 Å². The van der Waals surface area contributed by atoms with E-state index in [0.717, 1.165) is 0 Å². The number of nitrogens with one attached hydrogen (secondary N) is 1. The predicted octanol–water partition coefficient (Wildman–Crippen LogP) is 0.301. The summed E-state index contributed by atoms with van der Waals surface area (Å²) >= 11 is 6.80. The van der Waals surface area contributed by atoms with E-state index in [1.807, 2.05) is 0 Å². The minimum atomic E-state index is -3.73. The minimum absolute atomic E-state index is 1.37. The van der Waals surface area contributed by atoms with Gasteiger partial charge in [0.2, 0.25) is 0 Å². The lowest BCUT2D eigenvalue weighted by atomic mass is 13.9. The van der Waals surface area contributed by atoms with Crippen molar-refractivity contribution in [3.8, 4) is 0 Å². The molecule has 44 valence electrons. The van der Waals surface area contributed by atoms with Crippen molar-refractivity contribution >= 4 is 38.3 Å². The average molecular weight is 210 g/mol. The second kappa shape index (κ2) is 2.83. The third-order valence-electron chi connectivity index (χ3n) is 0.177. The largest absolute Gasteiger partial charge is 0.360 e. The normalized spacial score (nSPS) is 11.7. The third-order valence-corrected chi connectivity index (χ3v) is 2.14. The highest BCUT2D eigenvalue weighted by atomic mass is 79.9. The first kappa shape index (κ1) is 7.64. The van der Waals surface area contributed by atoms with Crippen LogP contribution in [0.15, 0.2) is 0 Å². The molecule has 0 aromatic heterocycles. The van der Waals surface area contributed by atoms with E-state index in [4.69, 9.17) is 0 Å². The van der Waals surface area contributed by atoms with E-state index in [0.29, 0.717) is 0 Å². The Kier molecular flexibility index (Phi) is 3.09.